The number of amides is 1. The number of rotatable bonds is 5. The number of benzene rings is 1. The van der Waals surface area contributed by atoms with E-state index in [0.717, 1.165) is 0 Å². The van der Waals surface area contributed by atoms with Gasteiger partial charge in [-0.2, -0.15) is 5.10 Å². The van der Waals surface area contributed by atoms with E-state index in [9.17, 15) is 9.59 Å². The Morgan fingerprint density at radius 2 is 2.08 bits per heavy atom. The molecule has 3 N–H and O–H groups in total. The topological polar surface area (TPSA) is 105 Å². The number of oxazole rings is 1. The summed E-state index contributed by atoms with van der Waals surface area (Å²) >= 11 is 0. The molecule has 0 saturated carbocycles. The van der Waals surface area contributed by atoms with E-state index >= 15 is 0 Å². The van der Waals surface area contributed by atoms with E-state index in [1.807, 2.05) is 13.8 Å². The molecule has 2 heterocycles. The fraction of sp³-hybridized carbons (Fsp3) is 0.312. The summed E-state index contributed by atoms with van der Waals surface area (Å²) in [5.41, 5.74) is 1.76. The van der Waals surface area contributed by atoms with Crippen LogP contribution in [0.5, 0.6) is 0 Å². The Hall–Kier alpha value is -3.03. The first-order chi connectivity index (χ1) is 11.4. The van der Waals surface area contributed by atoms with E-state index in [0.29, 0.717) is 22.6 Å². The molecule has 0 aliphatic heterocycles. The SMILES string of the molecule is CC(C)n1nccc1NC(=O)[C@H](C)Nc1ccc2oc(=O)[nH]c2c1. The van der Waals surface area contributed by atoms with E-state index in [1.165, 1.54) is 0 Å². The molecule has 8 heteroatoms. The van der Waals surface area contributed by atoms with Crippen LogP contribution in [-0.2, 0) is 4.79 Å². The second kappa shape index (κ2) is 6.23. The van der Waals surface area contributed by atoms with E-state index in [-0.39, 0.29) is 11.9 Å². The van der Waals surface area contributed by atoms with Crippen LogP contribution in [0.1, 0.15) is 26.8 Å². The van der Waals surface area contributed by atoms with Gasteiger partial charge in [-0.3, -0.25) is 9.78 Å². The number of anilines is 2. The molecule has 126 valence electrons. The Morgan fingerprint density at radius 3 is 2.83 bits per heavy atom. The Bertz CT molecular complexity index is 921. The van der Waals surface area contributed by atoms with Gasteiger partial charge in [-0.25, -0.2) is 9.48 Å². The van der Waals surface area contributed by atoms with Crippen LogP contribution in [-0.4, -0.2) is 26.7 Å². The molecule has 0 spiro atoms. The average Bonchev–Trinajstić information content (AvgIpc) is 3.12. The van der Waals surface area contributed by atoms with Crippen molar-refractivity contribution in [2.75, 3.05) is 10.6 Å². The van der Waals surface area contributed by atoms with Crippen molar-refractivity contribution in [2.24, 2.45) is 0 Å². The quantitative estimate of drug-likeness (QED) is 0.666. The zero-order chi connectivity index (χ0) is 17.3. The van der Waals surface area contributed by atoms with Gasteiger partial charge in [0.05, 0.1) is 11.7 Å². The summed E-state index contributed by atoms with van der Waals surface area (Å²) in [7, 11) is 0. The summed E-state index contributed by atoms with van der Waals surface area (Å²) in [4.78, 5) is 26.1. The highest BCUT2D eigenvalue weighted by Gasteiger charge is 2.16. The van der Waals surface area contributed by atoms with Crippen molar-refractivity contribution >= 4 is 28.5 Å². The van der Waals surface area contributed by atoms with Gasteiger partial charge in [0.25, 0.3) is 0 Å². The molecule has 8 nitrogen and oxygen atoms in total. The molecular weight excluding hydrogens is 310 g/mol. The molecule has 1 aromatic carbocycles. The zero-order valence-electron chi connectivity index (χ0n) is 13.7. The van der Waals surface area contributed by atoms with Gasteiger partial charge in [0.1, 0.15) is 11.9 Å². The maximum atomic E-state index is 12.4. The molecule has 0 unspecified atom stereocenters. The van der Waals surface area contributed by atoms with Crippen LogP contribution in [0, 0.1) is 0 Å². The molecule has 0 radical (unpaired) electrons. The first-order valence-corrected chi connectivity index (χ1v) is 7.68. The predicted molar refractivity (Wildman–Crippen MR) is 91.2 cm³/mol. The lowest BCUT2D eigenvalue weighted by atomic mass is 10.2. The second-order valence-electron chi connectivity index (χ2n) is 5.84. The molecule has 0 saturated heterocycles. The normalized spacial score (nSPS) is 12.5. The summed E-state index contributed by atoms with van der Waals surface area (Å²) in [6, 6.07) is 6.58. The number of aromatic nitrogens is 3. The number of nitrogens with one attached hydrogen (secondary N) is 3. The van der Waals surface area contributed by atoms with Crippen molar-refractivity contribution in [3.63, 3.8) is 0 Å². The van der Waals surface area contributed by atoms with E-state index in [4.69, 9.17) is 4.42 Å². The zero-order valence-corrected chi connectivity index (χ0v) is 13.7. The lowest BCUT2D eigenvalue weighted by Gasteiger charge is -2.17. The maximum absolute atomic E-state index is 12.4. The van der Waals surface area contributed by atoms with Crippen LogP contribution in [0.3, 0.4) is 0 Å². The van der Waals surface area contributed by atoms with Gasteiger partial charge in [-0.15, -0.1) is 0 Å². The van der Waals surface area contributed by atoms with Crippen LogP contribution in [0.4, 0.5) is 11.5 Å². The van der Waals surface area contributed by atoms with Crippen molar-refractivity contribution in [2.45, 2.75) is 32.9 Å². The molecule has 24 heavy (non-hydrogen) atoms. The van der Waals surface area contributed by atoms with Crippen molar-refractivity contribution in [1.82, 2.24) is 14.8 Å². The first-order valence-electron chi connectivity index (χ1n) is 7.68. The number of H-pyrrole nitrogens is 1. The highest BCUT2D eigenvalue weighted by Crippen LogP contribution is 2.18. The highest BCUT2D eigenvalue weighted by molar-refractivity contribution is 5.95. The number of hydrogen-bond acceptors (Lipinski definition) is 5. The lowest BCUT2D eigenvalue weighted by molar-refractivity contribution is -0.116. The standard InChI is InChI=1S/C16H19N5O3/c1-9(2)21-14(6-7-17-21)20-15(22)10(3)18-11-4-5-13-12(8-11)19-16(23)24-13/h4-10,18H,1-3H3,(H,19,23)(H,20,22)/t10-/m0/s1. The molecule has 0 bridgehead atoms. The van der Waals surface area contributed by atoms with Crippen LogP contribution < -0.4 is 16.4 Å². The van der Waals surface area contributed by atoms with E-state index < -0.39 is 11.8 Å². The van der Waals surface area contributed by atoms with Gasteiger partial charge in [0.15, 0.2) is 5.58 Å². The van der Waals surface area contributed by atoms with Gasteiger partial charge in [0.2, 0.25) is 5.91 Å². The number of carbonyl (C=O) groups excluding carboxylic acids is 1. The van der Waals surface area contributed by atoms with Crippen LogP contribution >= 0.6 is 0 Å². The summed E-state index contributed by atoms with van der Waals surface area (Å²) < 4.78 is 6.70. The van der Waals surface area contributed by atoms with Crippen molar-refractivity contribution < 1.29 is 9.21 Å². The molecule has 0 aliphatic rings. The minimum atomic E-state index is -0.505. The van der Waals surface area contributed by atoms with Crippen molar-refractivity contribution in [3.05, 3.63) is 41.0 Å². The predicted octanol–water partition coefficient (Wildman–Crippen LogP) is 2.34. The third kappa shape index (κ3) is 3.17. The maximum Gasteiger partial charge on any atom is 0.417 e. The number of hydrogen-bond donors (Lipinski definition) is 3. The fourth-order valence-electron chi connectivity index (χ4n) is 2.42. The summed E-state index contributed by atoms with van der Waals surface area (Å²) in [5.74, 6) is -0.0358. The largest absolute Gasteiger partial charge is 0.417 e. The number of nitrogens with zero attached hydrogens (tertiary/aromatic N) is 2. The van der Waals surface area contributed by atoms with Crippen molar-refractivity contribution in [3.8, 4) is 0 Å². The molecule has 1 atom stereocenters. The highest BCUT2D eigenvalue weighted by atomic mass is 16.4. The third-order valence-corrected chi connectivity index (χ3v) is 3.61. The van der Waals surface area contributed by atoms with Crippen molar-refractivity contribution in [1.29, 1.82) is 0 Å². The minimum absolute atomic E-state index is 0.152. The van der Waals surface area contributed by atoms with Crippen LogP contribution in [0.25, 0.3) is 11.1 Å². The Morgan fingerprint density at radius 1 is 1.29 bits per heavy atom. The number of carbonyl (C=O) groups is 1. The van der Waals surface area contributed by atoms with Gasteiger partial charge in [-0.05, 0) is 39.0 Å². The Kier molecular flexibility index (Phi) is 4.11. The molecule has 3 aromatic rings. The molecule has 0 aliphatic carbocycles. The molecule has 0 fully saturated rings. The fourth-order valence-corrected chi connectivity index (χ4v) is 2.42. The summed E-state index contributed by atoms with van der Waals surface area (Å²) in [5, 5.41) is 10.1. The monoisotopic (exact) mass is 329 g/mol. The minimum Gasteiger partial charge on any atom is -0.408 e. The second-order valence-corrected chi connectivity index (χ2v) is 5.84. The molecule has 1 amide bonds. The third-order valence-electron chi connectivity index (χ3n) is 3.61. The van der Waals surface area contributed by atoms with Gasteiger partial charge >= 0.3 is 5.76 Å². The Labute approximate surface area is 137 Å². The van der Waals surface area contributed by atoms with Gasteiger partial charge in [0, 0.05) is 17.8 Å². The van der Waals surface area contributed by atoms with Crippen LogP contribution in [0.15, 0.2) is 39.7 Å². The number of fused-ring (bicyclic) bond motifs is 1. The molecular formula is C16H19N5O3. The summed E-state index contributed by atoms with van der Waals surface area (Å²) in [6.45, 7) is 5.74. The Balaban J connectivity index is 1.70. The van der Waals surface area contributed by atoms with E-state index in [1.54, 1.807) is 42.1 Å². The van der Waals surface area contributed by atoms with E-state index in [2.05, 4.69) is 20.7 Å². The molecule has 2 aromatic heterocycles. The number of aromatic amines is 1. The molecule has 3 rings (SSSR count). The summed E-state index contributed by atoms with van der Waals surface area (Å²) in [6.07, 6.45) is 1.65. The smallest absolute Gasteiger partial charge is 0.408 e. The average molecular weight is 329 g/mol. The van der Waals surface area contributed by atoms with Crippen LogP contribution in [0.2, 0.25) is 0 Å². The first kappa shape index (κ1) is 15.9. The van der Waals surface area contributed by atoms with Gasteiger partial charge in [-0.1, -0.05) is 0 Å². The van der Waals surface area contributed by atoms with Gasteiger partial charge < -0.3 is 15.1 Å². The lowest BCUT2D eigenvalue weighted by Crippen LogP contribution is -2.32.